The number of carbonyl (C=O) groups is 1. The van der Waals surface area contributed by atoms with Crippen LogP contribution in [0.5, 0.6) is 0 Å². The second-order valence-electron chi connectivity index (χ2n) is 7.77. The molecule has 0 bridgehead atoms. The summed E-state index contributed by atoms with van der Waals surface area (Å²) in [6, 6.07) is 8.38. The maximum atomic E-state index is 12.5. The zero-order valence-electron chi connectivity index (χ0n) is 17.2. The Morgan fingerprint density at radius 3 is 2.57 bits per heavy atom. The number of piperidine rings is 1. The molecule has 1 N–H and O–H groups in total. The number of hydrogen-bond acceptors (Lipinski definition) is 4. The largest absolute Gasteiger partial charge is 0.356 e. The molecule has 1 aliphatic heterocycles. The highest BCUT2D eigenvalue weighted by atomic mass is 16.1. The Morgan fingerprint density at radius 2 is 1.86 bits per heavy atom. The molecular formula is C23H32N4O. The second-order valence-corrected chi connectivity index (χ2v) is 7.77. The molecule has 2 heterocycles. The minimum Gasteiger partial charge on any atom is -0.356 e. The van der Waals surface area contributed by atoms with E-state index in [4.69, 9.17) is 0 Å². The molecule has 1 unspecified atom stereocenters. The third kappa shape index (κ3) is 5.54. The van der Waals surface area contributed by atoms with E-state index >= 15 is 0 Å². The first kappa shape index (κ1) is 20.3. The van der Waals surface area contributed by atoms with E-state index in [0.29, 0.717) is 6.54 Å². The number of aryl methyl sites for hydroxylation is 1. The molecule has 150 valence electrons. The van der Waals surface area contributed by atoms with Crippen molar-refractivity contribution in [2.24, 2.45) is 5.92 Å². The molecule has 5 nitrogen and oxygen atoms in total. The molecule has 1 aliphatic rings. The van der Waals surface area contributed by atoms with E-state index < -0.39 is 0 Å². The predicted molar refractivity (Wildman–Crippen MR) is 114 cm³/mol. The molecule has 1 saturated heterocycles. The number of anilines is 1. The summed E-state index contributed by atoms with van der Waals surface area (Å²) in [6.07, 6.45) is 10.4. The van der Waals surface area contributed by atoms with Gasteiger partial charge in [-0.1, -0.05) is 56.0 Å². The summed E-state index contributed by atoms with van der Waals surface area (Å²) in [7, 11) is 0. The lowest BCUT2D eigenvalue weighted by molar-refractivity contribution is -0.125. The van der Waals surface area contributed by atoms with Crippen LogP contribution in [0.15, 0.2) is 36.7 Å². The fourth-order valence-electron chi connectivity index (χ4n) is 3.66. The average Bonchev–Trinajstić information content (AvgIpc) is 2.74. The quantitative estimate of drug-likeness (QED) is 0.691. The number of nitrogens with one attached hydrogen (secondary N) is 1. The van der Waals surface area contributed by atoms with Crippen LogP contribution >= 0.6 is 0 Å². The number of benzene rings is 1. The van der Waals surface area contributed by atoms with Crippen molar-refractivity contribution < 1.29 is 4.79 Å². The van der Waals surface area contributed by atoms with Crippen LogP contribution in [0, 0.1) is 12.8 Å². The van der Waals surface area contributed by atoms with Gasteiger partial charge in [-0.25, -0.2) is 9.97 Å². The first-order valence-electron chi connectivity index (χ1n) is 10.6. The molecule has 1 amide bonds. The summed E-state index contributed by atoms with van der Waals surface area (Å²) in [6.45, 7) is 6.67. The third-order valence-corrected chi connectivity index (χ3v) is 5.43. The van der Waals surface area contributed by atoms with Gasteiger partial charge >= 0.3 is 0 Å². The van der Waals surface area contributed by atoms with Crippen LogP contribution in [0.4, 0.5) is 5.95 Å². The summed E-state index contributed by atoms with van der Waals surface area (Å²) in [5.74, 6) is 0.925. The Balaban J connectivity index is 1.55. The first-order chi connectivity index (χ1) is 13.7. The molecule has 0 saturated carbocycles. The maximum absolute atomic E-state index is 12.5. The molecule has 0 radical (unpaired) electrons. The third-order valence-electron chi connectivity index (χ3n) is 5.43. The van der Waals surface area contributed by atoms with Gasteiger partial charge in [0.25, 0.3) is 0 Å². The van der Waals surface area contributed by atoms with Crippen LogP contribution in [0.2, 0.25) is 0 Å². The molecule has 0 aliphatic carbocycles. The molecule has 1 fully saturated rings. The lowest BCUT2D eigenvalue weighted by atomic mass is 9.97. The van der Waals surface area contributed by atoms with Crippen LogP contribution in [-0.4, -0.2) is 35.5 Å². The van der Waals surface area contributed by atoms with Crippen molar-refractivity contribution in [1.29, 1.82) is 0 Å². The van der Waals surface area contributed by atoms with E-state index in [1.54, 1.807) is 0 Å². The van der Waals surface area contributed by atoms with Gasteiger partial charge in [-0.05, 0) is 31.7 Å². The normalized spacial score (nSPS) is 16.8. The van der Waals surface area contributed by atoms with Crippen LogP contribution < -0.4 is 10.2 Å². The van der Waals surface area contributed by atoms with Crippen molar-refractivity contribution in [2.75, 3.05) is 24.5 Å². The fraction of sp³-hybridized carbons (Fsp3) is 0.522. The van der Waals surface area contributed by atoms with Crippen LogP contribution in [0.25, 0.3) is 11.1 Å². The predicted octanol–water partition coefficient (Wildman–Crippen LogP) is 4.36. The molecule has 1 atom stereocenters. The summed E-state index contributed by atoms with van der Waals surface area (Å²) >= 11 is 0. The second kappa shape index (κ2) is 10.2. The highest BCUT2D eigenvalue weighted by Gasteiger charge is 2.26. The van der Waals surface area contributed by atoms with E-state index in [2.05, 4.69) is 58.3 Å². The zero-order chi connectivity index (χ0) is 19.8. The van der Waals surface area contributed by atoms with Crippen molar-refractivity contribution in [3.8, 4) is 11.1 Å². The number of nitrogens with zero attached hydrogens (tertiary/aromatic N) is 3. The lowest BCUT2D eigenvalue weighted by Gasteiger charge is -2.32. The van der Waals surface area contributed by atoms with Crippen molar-refractivity contribution in [3.05, 3.63) is 42.2 Å². The highest BCUT2D eigenvalue weighted by Crippen LogP contribution is 2.23. The van der Waals surface area contributed by atoms with Crippen molar-refractivity contribution in [3.63, 3.8) is 0 Å². The maximum Gasteiger partial charge on any atom is 0.225 e. The Morgan fingerprint density at radius 1 is 1.11 bits per heavy atom. The summed E-state index contributed by atoms with van der Waals surface area (Å²) in [5.41, 5.74) is 3.38. The monoisotopic (exact) mass is 380 g/mol. The molecular weight excluding hydrogens is 348 g/mol. The van der Waals surface area contributed by atoms with Crippen LogP contribution in [0.1, 0.15) is 51.0 Å². The molecule has 0 spiro atoms. The molecule has 1 aromatic heterocycles. The summed E-state index contributed by atoms with van der Waals surface area (Å²) in [5, 5.41) is 3.11. The van der Waals surface area contributed by atoms with Crippen molar-refractivity contribution in [1.82, 2.24) is 15.3 Å². The molecule has 1 aromatic carbocycles. The van der Waals surface area contributed by atoms with Gasteiger partial charge < -0.3 is 10.2 Å². The van der Waals surface area contributed by atoms with Gasteiger partial charge in [0.1, 0.15) is 0 Å². The summed E-state index contributed by atoms with van der Waals surface area (Å²) < 4.78 is 0. The number of hydrogen-bond donors (Lipinski definition) is 1. The zero-order valence-corrected chi connectivity index (χ0v) is 17.2. The SMILES string of the molecule is CCCCCCNC(=O)C1CCCN(c2ncc(-c3ccc(C)cc3)cn2)C1. The van der Waals surface area contributed by atoms with Gasteiger partial charge in [0, 0.05) is 37.6 Å². The topological polar surface area (TPSA) is 58.1 Å². The number of amides is 1. The van der Waals surface area contributed by atoms with Crippen LogP contribution in [-0.2, 0) is 4.79 Å². The van der Waals surface area contributed by atoms with E-state index in [1.165, 1.54) is 24.8 Å². The Bertz CT molecular complexity index is 742. The van der Waals surface area contributed by atoms with E-state index in [0.717, 1.165) is 49.4 Å². The number of rotatable bonds is 8. The van der Waals surface area contributed by atoms with Gasteiger partial charge in [0.05, 0.1) is 5.92 Å². The van der Waals surface area contributed by atoms with Crippen molar-refractivity contribution >= 4 is 11.9 Å². The minimum atomic E-state index is 0.0281. The van der Waals surface area contributed by atoms with Crippen LogP contribution in [0.3, 0.4) is 0 Å². The minimum absolute atomic E-state index is 0.0281. The number of unbranched alkanes of at least 4 members (excludes halogenated alkanes) is 3. The lowest BCUT2D eigenvalue weighted by Crippen LogP contribution is -2.43. The standard InChI is InChI=1S/C23H32N4O/c1-3-4-5-6-13-24-22(28)20-8-7-14-27(17-20)23-25-15-21(16-26-23)19-11-9-18(2)10-12-19/h9-12,15-16,20H,3-8,13-14,17H2,1-2H3,(H,24,28). The Hall–Kier alpha value is -2.43. The van der Waals surface area contributed by atoms with Gasteiger partial charge in [0.2, 0.25) is 11.9 Å². The molecule has 3 rings (SSSR count). The van der Waals surface area contributed by atoms with E-state index in [1.807, 2.05) is 12.4 Å². The first-order valence-corrected chi connectivity index (χ1v) is 10.6. The molecule has 28 heavy (non-hydrogen) atoms. The van der Waals surface area contributed by atoms with Gasteiger partial charge in [-0.15, -0.1) is 0 Å². The van der Waals surface area contributed by atoms with Crippen molar-refractivity contribution in [2.45, 2.75) is 52.4 Å². The Kier molecular flexibility index (Phi) is 7.40. The fourth-order valence-corrected chi connectivity index (χ4v) is 3.66. The van der Waals surface area contributed by atoms with Gasteiger partial charge in [-0.2, -0.15) is 0 Å². The smallest absolute Gasteiger partial charge is 0.225 e. The Labute approximate surface area is 168 Å². The number of carbonyl (C=O) groups excluding carboxylic acids is 1. The highest BCUT2D eigenvalue weighted by molar-refractivity contribution is 5.79. The van der Waals surface area contributed by atoms with E-state index in [9.17, 15) is 4.79 Å². The van der Waals surface area contributed by atoms with E-state index in [-0.39, 0.29) is 11.8 Å². The summed E-state index contributed by atoms with van der Waals surface area (Å²) in [4.78, 5) is 23.8. The molecule has 2 aromatic rings. The van der Waals surface area contributed by atoms with Gasteiger partial charge in [0.15, 0.2) is 0 Å². The average molecular weight is 381 g/mol. The van der Waals surface area contributed by atoms with Gasteiger partial charge in [-0.3, -0.25) is 4.79 Å². The number of aromatic nitrogens is 2. The molecule has 5 heteroatoms.